The second-order valence-corrected chi connectivity index (χ2v) is 7.81. The lowest BCUT2D eigenvalue weighted by atomic mass is 9.84. The standard InChI is InChI=1S/C24H26N2O6/c1-5-25-13(3)9-16(27)21(23(25)29)20(15-7-8-18-19(11-15)32-12-31-18)22-17(28)10-14(4)26(6-2)24(22)30/h7-11,20,27-28H,5-6,12H2,1-4H3. The number of hydrogen-bond acceptors (Lipinski definition) is 6. The number of fused-ring (bicyclic) bond motifs is 1. The minimum atomic E-state index is -1.01. The molecule has 32 heavy (non-hydrogen) atoms. The highest BCUT2D eigenvalue weighted by molar-refractivity contribution is 5.55. The van der Waals surface area contributed by atoms with Gasteiger partial charge in [-0.05, 0) is 57.5 Å². The van der Waals surface area contributed by atoms with E-state index in [9.17, 15) is 19.8 Å². The van der Waals surface area contributed by atoms with Crippen molar-refractivity contribution in [2.24, 2.45) is 0 Å². The molecule has 4 rings (SSSR count). The van der Waals surface area contributed by atoms with E-state index < -0.39 is 17.0 Å². The Balaban J connectivity index is 2.10. The van der Waals surface area contributed by atoms with Crippen LogP contribution in [0.4, 0.5) is 0 Å². The maximum absolute atomic E-state index is 13.5. The van der Waals surface area contributed by atoms with Crippen LogP contribution < -0.4 is 20.6 Å². The van der Waals surface area contributed by atoms with Crippen LogP contribution in [0.25, 0.3) is 0 Å². The normalized spacial score (nSPS) is 12.5. The monoisotopic (exact) mass is 438 g/mol. The largest absolute Gasteiger partial charge is 0.507 e. The van der Waals surface area contributed by atoms with Crippen LogP contribution in [-0.4, -0.2) is 26.1 Å². The maximum Gasteiger partial charge on any atom is 0.258 e. The van der Waals surface area contributed by atoms with Crippen molar-refractivity contribution in [1.29, 1.82) is 0 Å². The predicted octanol–water partition coefficient (Wildman–Crippen LogP) is 2.99. The molecule has 0 bridgehead atoms. The van der Waals surface area contributed by atoms with Crippen molar-refractivity contribution < 1.29 is 19.7 Å². The van der Waals surface area contributed by atoms with E-state index in [1.807, 2.05) is 13.8 Å². The minimum absolute atomic E-state index is 0.0234. The number of ether oxygens (including phenoxy) is 2. The third-order valence-corrected chi connectivity index (χ3v) is 5.99. The summed E-state index contributed by atoms with van der Waals surface area (Å²) in [7, 11) is 0. The van der Waals surface area contributed by atoms with Crippen LogP contribution in [0.3, 0.4) is 0 Å². The van der Waals surface area contributed by atoms with Gasteiger partial charge in [0.15, 0.2) is 11.5 Å². The summed E-state index contributed by atoms with van der Waals surface area (Å²) in [5, 5.41) is 21.8. The molecule has 0 spiro atoms. The van der Waals surface area contributed by atoms with Gasteiger partial charge < -0.3 is 28.8 Å². The van der Waals surface area contributed by atoms with Crippen LogP contribution >= 0.6 is 0 Å². The zero-order valence-corrected chi connectivity index (χ0v) is 18.5. The van der Waals surface area contributed by atoms with Gasteiger partial charge in [0.05, 0.1) is 17.0 Å². The summed E-state index contributed by atoms with van der Waals surface area (Å²) in [6, 6.07) is 8.09. The van der Waals surface area contributed by atoms with Gasteiger partial charge in [-0.15, -0.1) is 0 Å². The van der Waals surface area contributed by atoms with E-state index in [-0.39, 0.29) is 29.4 Å². The lowest BCUT2D eigenvalue weighted by molar-refractivity contribution is 0.174. The number of aromatic nitrogens is 2. The molecule has 1 aliphatic rings. The molecule has 0 atom stereocenters. The van der Waals surface area contributed by atoms with Crippen molar-refractivity contribution in [3.05, 3.63) is 79.1 Å². The Morgan fingerprint density at radius 2 is 1.34 bits per heavy atom. The Morgan fingerprint density at radius 1 is 0.844 bits per heavy atom. The maximum atomic E-state index is 13.5. The lowest BCUT2D eigenvalue weighted by Crippen LogP contribution is -2.32. The Bertz CT molecular complexity index is 1250. The molecular formula is C24H26N2O6. The van der Waals surface area contributed by atoms with Gasteiger partial charge in [-0.1, -0.05) is 6.07 Å². The highest BCUT2D eigenvalue weighted by Gasteiger charge is 2.32. The number of hydrogen-bond donors (Lipinski definition) is 2. The van der Waals surface area contributed by atoms with E-state index in [0.717, 1.165) is 0 Å². The van der Waals surface area contributed by atoms with Gasteiger partial charge in [-0.25, -0.2) is 0 Å². The predicted molar refractivity (Wildman–Crippen MR) is 119 cm³/mol. The Hall–Kier alpha value is -3.68. The van der Waals surface area contributed by atoms with Crippen molar-refractivity contribution >= 4 is 0 Å². The first-order valence-electron chi connectivity index (χ1n) is 10.5. The fourth-order valence-corrected chi connectivity index (χ4v) is 4.44. The second-order valence-electron chi connectivity index (χ2n) is 7.81. The van der Waals surface area contributed by atoms with Crippen LogP contribution in [0.5, 0.6) is 23.0 Å². The van der Waals surface area contributed by atoms with Crippen molar-refractivity contribution in [2.45, 2.75) is 46.7 Å². The third kappa shape index (κ3) is 3.32. The number of aromatic hydroxyl groups is 2. The van der Waals surface area contributed by atoms with Gasteiger partial charge in [0.25, 0.3) is 11.1 Å². The van der Waals surface area contributed by atoms with Gasteiger partial charge in [0, 0.05) is 24.5 Å². The summed E-state index contributed by atoms with van der Waals surface area (Å²) >= 11 is 0. The molecule has 2 N–H and O–H groups in total. The van der Waals surface area contributed by atoms with Crippen LogP contribution in [0.1, 0.15) is 47.8 Å². The fraction of sp³-hybridized carbons (Fsp3) is 0.333. The van der Waals surface area contributed by atoms with Crippen LogP contribution in [0.2, 0.25) is 0 Å². The number of rotatable bonds is 5. The third-order valence-electron chi connectivity index (χ3n) is 5.99. The van der Waals surface area contributed by atoms with Gasteiger partial charge in [0.1, 0.15) is 11.5 Å². The first-order valence-corrected chi connectivity index (χ1v) is 10.5. The average Bonchev–Trinajstić information content (AvgIpc) is 3.20. The van der Waals surface area contributed by atoms with Crippen molar-refractivity contribution in [2.75, 3.05) is 6.79 Å². The van der Waals surface area contributed by atoms with Crippen molar-refractivity contribution in [3.8, 4) is 23.0 Å². The van der Waals surface area contributed by atoms with Gasteiger partial charge in [-0.2, -0.15) is 0 Å². The molecule has 1 aromatic carbocycles. The molecule has 0 aliphatic carbocycles. The van der Waals surface area contributed by atoms with Crippen molar-refractivity contribution in [1.82, 2.24) is 9.13 Å². The molecule has 3 heterocycles. The molecule has 3 aromatic rings. The fourth-order valence-electron chi connectivity index (χ4n) is 4.44. The first kappa shape index (κ1) is 21.5. The molecule has 8 heteroatoms. The highest BCUT2D eigenvalue weighted by Crippen LogP contribution is 2.41. The molecule has 0 unspecified atom stereocenters. The van der Waals surface area contributed by atoms with E-state index in [2.05, 4.69) is 0 Å². The number of aryl methyl sites for hydroxylation is 2. The summed E-state index contributed by atoms with van der Waals surface area (Å²) in [6.45, 7) is 7.99. The number of benzene rings is 1. The van der Waals surface area contributed by atoms with Gasteiger partial charge in [0.2, 0.25) is 6.79 Å². The molecule has 0 fully saturated rings. The SMILES string of the molecule is CCn1c(C)cc(O)c(C(c2ccc3c(c2)OCO3)c2c(O)cc(C)n(CC)c2=O)c1=O. The molecule has 0 saturated heterocycles. The molecule has 0 amide bonds. The van der Waals surface area contributed by atoms with E-state index in [0.29, 0.717) is 41.5 Å². The van der Waals surface area contributed by atoms with E-state index >= 15 is 0 Å². The molecule has 1 aliphatic heterocycles. The number of nitrogens with zero attached hydrogens (tertiary/aromatic N) is 2. The molecular weight excluding hydrogens is 412 g/mol. The molecule has 0 saturated carbocycles. The summed E-state index contributed by atoms with van der Waals surface area (Å²) < 4.78 is 13.9. The lowest BCUT2D eigenvalue weighted by Gasteiger charge is -2.23. The number of pyridine rings is 2. The summed E-state index contributed by atoms with van der Waals surface area (Å²) in [4.78, 5) is 26.9. The summed E-state index contributed by atoms with van der Waals surface area (Å²) in [6.07, 6.45) is 0. The molecule has 168 valence electrons. The van der Waals surface area contributed by atoms with E-state index in [1.54, 1.807) is 32.0 Å². The average molecular weight is 438 g/mol. The Morgan fingerprint density at radius 3 is 1.84 bits per heavy atom. The topological polar surface area (TPSA) is 103 Å². The molecule has 8 nitrogen and oxygen atoms in total. The Labute approximate surface area is 184 Å². The molecule has 2 aromatic heterocycles. The zero-order valence-electron chi connectivity index (χ0n) is 18.5. The van der Waals surface area contributed by atoms with E-state index in [4.69, 9.17) is 9.47 Å². The van der Waals surface area contributed by atoms with E-state index in [1.165, 1.54) is 21.3 Å². The van der Waals surface area contributed by atoms with Crippen LogP contribution in [-0.2, 0) is 13.1 Å². The van der Waals surface area contributed by atoms with Crippen molar-refractivity contribution in [3.63, 3.8) is 0 Å². The van der Waals surface area contributed by atoms with Crippen LogP contribution in [0, 0.1) is 13.8 Å². The van der Waals surface area contributed by atoms with Gasteiger partial charge >= 0.3 is 0 Å². The molecule has 0 radical (unpaired) electrons. The second kappa shape index (κ2) is 8.11. The smallest absolute Gasteiger partial charge is 0.258 e. The summed E-state index contributed by atoms with van der Waals surface area (Å²) in [5.74, 6) is -0.464. The van der Waals surface area contributed by atoms with Crippen LogP contribution in [0.15, 0.2) is 39.9 Å². The highest BCUT2D eigenvalue weighted by atomic mass is 16.7. The Kier molecular flexibility index (Phi) is 5.46. The zero-order chi connectivity index (χ0) is 23.2. The van der Waals surface area contributed by atoms with Gasteiger partial charge in [-0.3, -0.25) is 9.59 Å². The summed E-state index contributed by atoms with van der Waals surface area (Å²) in [5.41, 5.74) is 0.923. The minimum Gasteiger partial charge on any atom is -0.507 e. The quantitative estimate of drug-likeness (QED) is 0.635. The first-order chi connectivity index (χ1) is 15.3.